The fourth-order valence-electron chi connectivity index (χ4n) is 4.65. The van der Waals surface area contributed by atoms with Crippen LogP contribution in [0.2, 0.25) is 5.02 Å². The second-order valence-electron chi connectivity index (χ2n) is 9.11. The minimum absolute atomic E-state index is 0.0730. The Bertz CT molecular complexity index is 1360. The Morgan fingerprint density at radius 2 is 1.94 bits per heavy atom. The van der Waals surface area contributed by atoms with Crippen LogP contribution in [0.4, 0.5) is 24.5 Å². The van der Waals surface area contributed by atoms with Crippen LogP contribution in [-0.2, 0) is 16.1 Å². The zero-order chi connectivity index (χ0) is 25.6. The second kappa shape index (κ2) is 9.22. The number of likely N-dealkylation sites (tertiary alicyclic amines) is 1. The van der Waals surface area contributed by atoms with E-state index in [1.54, 1.807) is 30.2 Å². The highest BCUT2D eigenvalue weighted by atomic mass is 35.5. The number of hydrogen-bond donors (Lipinski definition) is 1. The van der Waals surface area contributed by atoms with Crippen molar-refractivity contribution >= 4 is 34.8 Å². The number of alkyl halides is 2. The van der Waals surface area contributed by atoms with Crippen molar-refractivity contribution in [3.63, 3.8) is 0 Å². The van der Waals surface area contributed by atoms with Gasteiger partial charge in [-0.3, -0.25) is 19.5 Å². The van der Waals surface area contributed by atoms with Crippen LogP contribution in [0.1, 0.15) is 24.1 Å². The molecule has 0 saturated carbocycles. The summed E-state index contributed by atoms with van der Waals surface area (Å²) in [6.45, 7) is 1.03. The van der Waals surface area contributed by atoms with E-state index in [0.717, 1.165) is 17.2 Å². The van der Waals surface area contributed by atoms with Gasteiger partial charge in [0.15, 0.2) is 0 Å². The van der Waals surface area contributed by atoms with E-state index in [1.807, 2.05) is 18.2 Å². The Morgan fingerprint density at radius 1 is 1.17 bits per heavy atom. The summed E-state index contributed by atoms with van der Waals surface area (Å²) in [5.41, 5.74) is 3.48. The monoisotopic (exact) mass is 514 g/mol. The first-order valence-electron chi connectivity index (χ1n) is 11.4. The molecule has 2 aromatic carbocycles. The van der Waals surface area contributed by atoms with E-state index in [4.69, 9.17) is 11.6 Å². The van der Waals surface area contributed by atoms with Gasteiger partial charge >= 0.3 is 0 Å². The minimum Gasteiger partial charge on any atom is -0.324 e. The summed E-state index contributed by atoms with van der Waals surface area (Å²) in [6.07, 6.45) is 1.61. The topological polar surface area (TPSA) is 65.5 Å². The Kier molecular flexibility index (Phi) is 6.22. The number of fused-ring (bicyclic) bond motifs is 3. The van der Waals surface area contributed by atoms with Gasteiger partial charge < -0.3 is 10.2 Å². The normalized spacial score (nSPS) is 18.6. The highest BCUT2D eigenvalue weighted by Crippen LogP contribution is 2.41. The average Bonchev–Trinajstić information content (AvgIpc) is 2.90. The van der Waals surface area contributed by atoms with Gasteiger partial charge in [-0.15, -0.1) is 0 Å². The van der Waals surface area contributed by atoms with Gasteiger partial charge in [-0.1, -0.05) is 29.8 Å². The number of nitrogens with zero attached hydrogens (tertiary/aromatic N) is 3. The molecule has 36 heavy (non-hydrogen) atoms. The number of rotatable bonds is 5. The number of carbonyl (C=O) groups is 2. The SMILES string of the molecule is CC1C(=O)N(CC(=O)Nc2ccc(Cl)c(F)c2)c2cc(CN3CC(F)(F)C3)ccc2-c2cccnc21. The molecule has 0 bridgehead atoms. The maximum Gasteiger partial charge on any atom is 0.272 e. The molecule has 3 aromatic rings. The molecule has 1 aromatic heterocycles. The maximum absolute atomic E-state index is 13.8. The van der Waals surface area contributed by atoms with Crippen molar-refractivity contribution in [3.05, 3.63) is 76.8 Å². The van der Waals surface area contributed by atoms with Gasteiger partial charge in [0.05, 0.1) is 35.4 Å². The van der Waals surface area contributed by atoms with Crippen molar-refractivity contribution in [2.45, 2.75) is 25.3 Å². The number of hydrogen-bond acceptors (Lipinski definition) is 4. The van der Waals surface area contributed by atoms with Crippen molar-refractivity contribution in [2.75, 3.05) is 29.9 Å². The van der Waals surface area contributed by atoms with E-state index in [9.17, 15) is 22.8 Å². The van der Waals surface area contributed by atoms with Crippen molar-refractivity contribution in [1.29, 1.82) is 0 Å². The summed E-state index contributed by atoms with van der Waals surface area (Å²) in [5.74, 6) is -4.87. The van der Waals surface area contributed by atoms with Gasteiger partial charge in [0.25, 0.3) is 5.92 Å². The number of halogens is 4. The van der Waals surface area contributed by atoms with E-state index in [0.29, 0.717) is 16.9 Å². The molecule has 1 fully saturated rings. The molecular weight excluding hydrogens is 493 g/mol. The van der Waals surface area contributed by atoms with Crippen LogP contribution in [-0.4, -0.2) is 47.3 Å². The molecule has 2 amide bonds. The lowest BCUT2D eigenvalue weighted by Gasteiger charge is -2.38. The number of carbonyl (C=O) groups excluding carboxylic acids is 2. The fraction of sp³-hybridized carbons (Fsp3) is 0.269. The molecular formula is C26H22ClF3N4O2. The Labute approximate surface area is 210 Å². The molecule has 0 aliphatic carbocycles. The number of benzene rings is 2. The molecule has 1 N–H and O–H groups in total. The maximum atomic E-state index is 13.8. The van der Waals surface area contributed by atoms with E-state index in [2.05, 4.69) is 10.3 Å². The summed E-state index contributed by atoms with van der Waals surface area (Å²) >= 11 is 5.72. The largest absolute Gasteiger partial charge is 0.324 e. The van der Waals surface area contributed by atoms with Gasteiger partial charge in [0.1, 0.15) is 12.4 Å². The fourth-order valence-corrected chi connectivity index (χ4v) is 4.76. The molecule has 2 aliphatic rings. The van der Waals surface area contributed by atoms with E-state index < -0.39 is 23.6 Å². The van der Waals surface area contributed by atoms with Crippen molar-refractivity contribution in [2.24, 2.45) is 0 Å². The molecule has 2 aliphatic heterocycles. The molecule has 0 spiro atoms. The molecule has 186 valence electrons. The van der Waals surface area contributed by atoms with E-state index in [-0.39, 0.29) is 42.8 Å². The first kappa shape index (κ1) is 24.3. The Morgan fingerprint density at radius 3 is 2.67 bits per heavy atom. The van der Waals surface area contributed by atoms with Crippen LogP contribution in [0.3, 0.4) is 0 Å². The highest BCUT2D eigenvalue weighted by Gasteiger charge is 2.43. The first-order valence-corrected chi connectivity index (χ1v) is 11.7. The summed E-state index contributed by atoms with van der Waals surface area (Å²) in [4.78, 5) is 33.9. The van der Waals surface area contributed by atoms with Gasteiger partial charge in [-0.2, -0.15) is 0 Å². The standard InChI is InChI=1S/C26H22ClF3N4O2/c1-15-24-19(3-2-8-31-24)18-6-4-16(11-33-13-26(29,30)14-33)9-22(18)34(25(15)36)12-23(35)32-17-5-7-20(27)21(28)10-17/h2-10,15H,11-14H2,1H3,(H,32,35). The van der Waals surface area contributed by atoms with Crippen LogP contribution in [0, 0.1) is 5.82 Å². The second-order valence-corrected chi connectivity index (χ2v) is 9.52. The summed E-state index contributed by atoms with van der Waals surface area (Å²) < 4.78 is 40.5. The zero-order valence-electron chi connectivity index (χ0n) is 19.3. The summed E-state index contributed by atoms with van der Waals surface area (Å²) in [7, 11) is 0. The van der Waals surface area contributed by atoms with Crippen LogP contribution in [0.25, 0.3) is 11.1 Å². The van der Waals surface area contributed by atoms with Gasteiger partial charge in [-0.25, -0.2) is 13.2 Å². The number of amides is 2. The third-order valence-electron chi connectivity index (χ3n) is 6.35. The van der Waals surface area contributed by atoms with Crippen molar-refractivity contribution < 1.29 is 22.8 Å². The molecule has 6 nitrogen and oxygen atoms in total. The molecule has 1 atom stereocenters. The van der Waals surface area contributed by atoms with Crippen LogP contribution < -0.4 is 10.2 Å². The lowest BCUT2D eigenvalue weighted by molar-refractivity contribution is -0.133. The third-order valence-corrected chi connectivity index (χ3v) is 6.66. The van der Waals surface area contributed by atoms with Crippen LogP contribution in [0.5, 0.6) is 0 Å². The molecule has 1 unspecified atom stereocenters. The zero-order valence-corrected chi connectivity index (χ0v) is 20.0. The lowest BCUT2D eigenvalue weighted by Crippen LogP contribution is -2.55. The predicted molar refractivity (Wildman–Crippen MR) is 131 cm³/mol. The average molecular weight is 515 g/mol. The highest BCUT2D eigenvalue weighted by molar-refractivity contribution is 6.30. The molecule has 10 heteroatoms. The Balaban J connectivity index is 1.48. The first-order chi connectivity index (χ1) is 17.1. The summed E-state index contributed by atoms with van der Waals surface area (Å²) in [5, 5.41) is 2.53. The lowest BCUT2D eigenvalue weighted by atomic mass is 9.96. The Hall–Kier alpha value is -3.43. The van der Waals surface area contributed by atoms with Crippen LogP contribution >= 0.6 is 11.6 Å². The molecule has 0 radical (unpaired) electrons. The number of pyridine rings is 1. The molecule has 3 heterocycles. The predicted octanol–water partition coefficient (Wildman–Crippen LogP) is 5.08. The minimum atomic E-state index is -2.69. The molecule has 1 saturated heterocycles. The van der Waals surface area contributed by atoms with Gasteiger partial charge in [-0.05, 0) is 42.8 Å². The third kappa shape index (κ3) is 4.68. The number of nitrogens with one attached hydrogen (secondary N) is 1. The van der Waals surface area contributed by atoms with Crippen LogP contribution in [0.15, 0.2) is 54.7 Å². The van der Waals surface area contributed by atoms with E-state index in [1.165, 1.54) is 17.0 Å². The van der Waals surface area contributed by atoms with Crippen molar-refractivity contribution in [3.8, 4) is 11.1 Å². The number of aromatic nitrogens is 1. The quantitative estimate of drug-likeness (QED) is 0.515. The van der Waals surface area contributed by atoms with Gasteiger partial charge in [0.2, 0.25) is 11.8 Å². The summed E-state index contributed by atoms with van der Waals surface area (Å²) in [6, 6.07) is 12.9. The molecule has 5 rings (SSSR count). The number of anilines is 2. The van der Waals surface area contributed by atoms with Gasteiger partial charge in [0, 0.05) is 29.6 Å². The van der Waals surface area contributed by atoms with Crippen molar-refractivity contribution in [1.82, 2.24) is 9.88 Å². The smallest absolute Gasteiger partial charge is 0.272 e. The van der Waals surface area contributed by atoms with E-state index >= 15 is 0 Å².